The van der Waals surface area contributed by atoms with Crippen molar-refractivity contribution in [3.05, 3.63) is 59.4 Å². The average Bonchev–Trinajstić information content (AvgIpc) is 3.50. The van der Waals surface area contributed by atoms with Crippen molar-refractivity contribution in [2.24, 2.45) is 11.8 Å². The third-order valence-electron chi connectivity index (χ3n) is 6.22. The van der Waals surface area contributed by atoms with Gasteiger partial charge in [-0.2, -0.15) is 0 Å². The molecule has 0 unspecified atom stereocenters. The number of anilines is 2. The highest BCUT2D eigenvalue weighted by Gasteiger charge is 2.29. The summed E-state index contributed by atoms with van der Waals surface area (Å²) in [6, 6.07) is 11.6. The fraction of sp³-hybridized carbons (Fsp3) is 0.440. The molecular formula is C25H30FN3O2. The van der Waals surface area contributed by atoms with E-state index in [0.29, 0.717) is 24.6 Å². The molecule has 5 nitrogen and oxygen atoms in total. The van der Waals surface area contributed by atoms with Gasteiger partial charge < -0.3 is 15.1 Å². The van der Waals surface area contributed by atoms with Gasteiger partial charge in [0.2, 0.25) is 5.91 Å². The van der Waals surface area contributed by atoms with E-state index in [1.54, 1.807) is 12.1 Å². The number of amides is 2. The van der Waals surface area contributed by atoms with Crippen LogP contribution in [0.1, 0.15) is 48.0 Å². The van der Waals surface area contributed by atoms with Crippen molar-refractivity contribution in [1.29, 1.82) is 0 Å². The Morgan fingerprint density at radius 1 is 1.03 bits per heavy atom. The van der Waals surface area contributed by atoms with Crippen molar-refractivity contribution < 1.29 is 14.0 Å². The van der Waals surface area contributed by atoms with Gasteiger partial charge in [0.25, 0.3) is 5.91 Å². The predicted octanol–water partition coefficient (Wildman–Crippen LogP) is 4.68. The second-order valence-electron chi connectivity index (χ2n) is 8.99. The topological polar surface area (TPSA) is 52.7 Å². The summed E-state index contributed by atoms with van der Waals surface area (Å²) in [5, 5.41) is 3.04. The molecule has 2 aromatic rings. The first-order chi connectivity index (χ1) is 14.9. The molecule has 2 fully saturated rings. The van der Waals surface area contributed by atoms with E-state index >= 15 is 0 Å². The Bertz CT molecular complexity index is 950. The Hall–Kier alpha value is -2.89. The predicted molar refractivity (Wildman–Crippen MR) is 121 cm³/mol. The SMILES string of the molecule is CN(C)c1ccc(NC(=O)C2CCC2)cc1CN(CC1CC1)C(=O)c1ccc(F)cc1. The van der Waals surface area contributed by atoms with Crippen molar-refractivity contribution >= 4 is 23.2 Å². The van der Waals surface area contributed by atoms with E-state index in [-0.39, 0.29) is 23.5 Å². The number of benzene rings is 2. The molecule has 2 aromatic carbocycles. The molecule has 0 aromatic heterocycles. The zero-order chi connectivity index (χ0) is 22.0. The Labute approximate surface area is 183 Å². The highest BCUT2D eigenvalue weighted by atomic mass is 19.1. The summed E-state index contributed by atoms with van der Waals surface area (Å²) < 4.78 is 13.3. The molecule has 0 heterocycles. The standard InChI is InChI=1S/C25H30FN3O2/c1-28(2)23-13-12-22(27-24(30)18-4-3-5-18)14-20(23)16-29(15-17-6-7-17)25(31)19-8-10-21(26)11-9-19/h8-14,17-18H,3-7,15-16H2,1-2H3,(H,27,30). The molecule has 0 spiro atoms. The quantitative estimate of drug-likeness (QED) is 0.671. The van der Waals surface area contributed by atoms with Gasteiger partial charge in [0.1, 0.15) is 5.82 Å². The van der Waals surface area contributed by atoms with Crippen molar-refractivity contribution in [2.45, 2.75) is 38.6 Å². The molecule has 0 aliphatic heterocycles. The van der Waals surface area contributed by atoms with Gasteiger partial charge in [-0.05, 0) is 79.6 Å². The van der Waals surface area contributed by atoms with E-state index < -0.39 is 0 Å². The van der Waals surface area contributed by atoms with Crippen LogP contribution in [-0.2, 0) is 11.3 Å². The molecular weight excluding hydrogens is 393 g/mol. The van der Waals surface area contributed by atoms with Gasteiger partial charge in [-0.15, -0.1) is 0 Å². The van der Waals surface area contributed by atoms with Gasteiger partial charge in [-0.3, -0.25) is 9.59 Å². The Kier molecular flexibility index (Phi) is 6.25. The lowest BCUT2D eigenvalue weighted by molar-refractivity contribution is -0.122. The number of nitrogens with zero attached hydrogens (tertiary/aromatic N) is 2. The fourth-order valence-electron chi connectivity index (χ4n) is 3.95. The van der Waals surface area contributed by atoms with Crippen LogP contribution < -0.4 is 10.2 Å². The summed E-state index contributed by atoms with van der Waals surface area (Å²) >= 11 is 0. The van der Waals surface area contributed by atoms with Crippen molar-refractivity contribution in [3.8, 4) is 0 Å². The molecule has 4 rings (SSSR count). The molecule has 6 heteroatoms. The zero-order valence-electron chi connectivity index (χ0n) is 18.2. The summed E-state index contributed by atoms with van der Waals surface area (Å²) in [5.41, 5.74) is 3.24. The van der Waals surface area contributed by atoms with Gasteiger partial charge in [-0.1, -0.05) is 6.42 Å². The lowest BCUT2D eigenvalue weighted by atomic mass is 9.85. The number of rotatable bonds is 8. The van der Waals surface area contributed by atoms with Crippen LogP contribution in [0.3, 0.4) is 0 Å². The molecule has 164 valence electrons. The Morgan fingerprint density at radius 2 is 1.74 bits per heavy atom. The minimum atomic E-state index is -0.352. The highest BCUT2D eigenvalue weighted by Crippen LogP contribution is 2.33. The van der Waals surface area contributed by atoms with Crippen LogP contribution >= 0.6 is 0 Å². The molecule has 0 atom stereocenters. The average molecular weight is 424 g/mol. The maximum absolute atomic E-state index is 13.3. The van der Waals surface area contributed by atoms with E-state index in [4.69, 9.17) is 0 Å². The fourth-order valence-corrected chi connectivity index (χ4v) is 3.95. The Balaban J connectivity index is 1.57. The maximum atomic E-state index is 13.3. The van der Waals surface area contributed by atoms with Gasteiger partial charge in [0.05, 0.1) is 0 Å². The minimum Gasteiger partial charge on any atom is -0.377 e. The van der Waals surface area contributed by atoms with Crippen LogP contribution in [-0.4, -0.2) is 37.4 Å². The molecule has 0 saturated heterocycles. The lowest BCUT2D eigenvalue weighted by Gasteiger charge is -2.27. The van der Waals surface area contributed by atoms with E-state index in [1.165, 1.54) is 12.1 Å². The normalized spacial score (nSPS) is 15.8. The smallest absolute Gasteiger partial charge is 0.254 e. The van der Waals surface area contributed by atoms with Crippen molar-refractivity contribution in [2.75, 3.05) is 30.9 Å². The van der Waals surface area contributed by atoms with Crippen LogP contribution in [0.25, 0.3) is 0 Å². The number of hydrogen-bond donors (Lipinski definition) is 1. The monoisotopic (exact) mass is 423 g/mol. The van der Waals surface area contributed by atoms with Crippen molar-refractivity contribution in [3.63, 3.8) is 0 Å². The second kappa shape index (κ2) is 9.08. The van der Waals surface area contributed by atoms with Crippen LogP contribution in [0.15, 0.2) is 42.5 Å². The summed E-state index contributed by atoms with van der Waals surface area (Å²) in [6.45, 7) is 1.12. The van der Waals surface area contributed by atoms with Gasteiger partial charge in [0, 0.05) is 50.0 Å². The first-order valence-corrected chi connectivity index (χ1v) is 11.1. The molecule has 2 aliphatic rings. The summed E-state index contributed by atoms with van der Waals surface area (Å²) in [6.07, 6.45) is 5.28. The first-order valence-electron chi connectivity index (χ1n) is 11.1. The highest BCUT2D eigenvalue weighted by molar-refractivity contribution is 5.95. The van der Waals surface area contributed by atoms with Crippen LogP contribution in [0.5, 0.6) is 0 Å². The largest absolute Gasteiger partial charge is 0.377 e. The molecule has 0 radical (unpaired) electrons. The second-order valence-corrected chi connectivity index (χ2v) is 8.99. The summed E-state index contributed by atoms with van der Waals surface area (Å²) in [4.78, 5) is 29.5. The van der Waals surface area contributed by atoms with Crippen molar-refractivity contribution in [1.82, 2.24) is 4.90 Å². The van der Waals surface area contributed by atoms with Gasteiger partial charge in [-0.25, -0.2) is 4.39 Å². The number of hydrogen-bond acceptors (Lipinski definition) is 3. The summed E-state index contributed by atoms with van der Waals surface area (Å²) in [5.74, 6) is 0.264. The number of halogens is 1. The van der Waals surface area contributed by atoms with E-state index in [0.717, 1.165) is 49.0 Å². The van der Waals surface area contributed by atoms with Crippen LogP contribution in [0, 0.1) is 17.7 Å². The molecule has 1 N–H and O–H groups in total. The zero-order valence-corrected chi connectivity index (χ0v) is 18.2. The molecule has 2 amide bonds. The molecule has 0 bridgehead atoms. The summed E-state index contributed by atoms with van der Waals surface area (Å²) in [7, 11) is 3.94. The van der Waals surface area contributed by atoms with Crippen LogP contribution in [0.2, 0.25) is 0 Å². The first kappa shape index (κ1) is 21.3. The van der Waals surface area contributed by atoms with Crippen LogP contribution in [0.4, 0.5) is 15.8 Å². The number of carbonyl (C=O) groups is 2. The third kappa shape index (κ3) is 5.24. The van der Waals surface area contributed by atoms with Gasteiger partial charge in [0.15, 0.2) is 0 Å². The van der Waals surface area contributed by atoms with E-state index in [9.17, 15) is 14.0 Å². The lowest BCUT2D eigenvalue weighted by Crippen LogP contribution is -2.33. The van der Waals surface area contributed by atoms with E-state index in [1.807, 2.05) is 42.1 Å². The Morgan fingerprint density at radius 3 is 2.32 bits per heavy atom. The molecule has 2 saturated carbocycles. The molecule has 2 aliphatic carbocycles. The maximum Gasteiger partial charge on any atom is 0.254 e. The third-order valence-corrected chi connectivity index (χ3v) is 6.22. The van der Waals surface area contributed by atoms with Gasteiger partial charge >= 0.3 is 0 Å². The number of carbonyl (C=O) groups excluding carboxylic acids is 2. The van der Waals surface area contributed by atoms with E-state index in [2.05, 4.69) is 5.32 Å². The number of nitrogens with one attached hydrogen (secondary N) is 1. The minimum absolute atomic E-state index is 0.0760. The molecule has 31 heavy (non-hydrogen) atoms.